The van der Waals surface area contributed by atoms with E-state index in [4.69, 9.17) is 4.52 Å². The van der Waals surface area contributed by atoms with Crippen molar-refractivity contribution in [2.24, 2.45) is 7.05 Å². The van der Waals surface area contributed by atoms with Crippen LogP contribution in [0.5, 0.6) is 0 Å². The van der Waals surface area contributed by atoms with E-state index in [2.05, 4.69) is 39.9 Å². The van der Waals surface area contributed by atoms with Crippen LogP contribution >= 0.6 is 0 Å². The fourth-order valence-electron chi connectivity index (χ4n) is 5.13. The Morgan fingerprint density at radius 3 is 2.53 bits per heavy atom. The summed E-state index contributed by atoms with van der Waals surface area (Å²) in [5, 5.41) is 13.7. The second-order valence-electron chi connectivity index (χ2n) is 9.47. The first kappa shape index (κ1) is 23.7. The summed E-state index contributed by atoms with van der Waals surface area (Å²) in [5.74, 6) is 0.421. The number of fused-ring (bicyclic) bond motifs is 1. The standard InChI is InChI=1S/C27H27FN6O2/c1-16-15-34(27(22-11-18(3)36-31-22)19-5-7-20(28)8-6-19)17(2)14-33(16)24-12-25(35)32(4)23-10-9-21(13-29)30-26(23)24/h5-12,16-17,27H,14-15H2,1-4H3/t16-,17+,27?/m0/s1. The number of piperazine rings is 1. The Kier molecular flexibility index (Phi) is 6.06. The lowest BCUT2D eigenvalue weighted by molar-refractivity contribution is 0.125. The van der Waals surface area contributed by atoms with Crippen molar-refractivity contribution in [2.45, 2.75) is 38.9 Å². The Balaban J connectivity index is 1.55. The van der Waals surface area contributed by atoms with E-state index in [1.54, 1.807) is 41.9 Å². The predicted octanol–water partition coefficient (Wildman–Crippen LogP) is 3.93. The Labute approximate surface area is 208 Å². The zero-order valence-electron chi connectivity index (χ0n) is 20.6. The van der Waals surface area contributed by atoms with Crippen LogP contribution in [0, 0.1) is 24.1 Å². The second-order valence-corrected chi connectivity index (χ2v) is 9.47. The Morgan fingerprint density at radius 2 is 1.86 bits per heavy atom. The van der Waals surface area contributed by atoms with Crippen LogP contribution in [0.1, 0.15) is 42.6 Å². The number of aromatic nitrogens is 3. The third-order valence-corrected chi connectivity index (χ3v) is 6.97. The number of nitriles is 1. The average molecular weight is 487 g/mol. The fourth-order valence-corrected chi connectivity index (χ4v) is 5.13. The first-order chi connectivity index (χ1) is 17.3. The normalized spacial score (nSPS) is 19.4. The van der Waals surface area contributed by atoms with Gasteiger partial charge in [-0.1, -0.05) is 17.3 Å². The van der Waals surface area contributed by atoms with Gasteiger partial charge in [0.25, 0.3) is 5.56 Å². The number of nitrogens with zero attached hydrogens (tertiary/aromatic N) is 6. The maximum absolute atomic E-state index is 13.7. The third kappa shape index (κ3) is 4.14. The Morgan fingerprint density at radius 1 is 1.11 bits per heavy atom. The maximum Gasteiger partial charge on any atom is 0.252 e. The quantitative estimate of drug-likeness (QED) is 0.432. The highest BCUT2D eigenvalue weighted by atomic mass is 19.1. The molecule has 3 aromatic heterocycles. The third-order valence-electron chi connectivity index (χ3n) is 6.97. The SMILES string of the molecule is Cc1cc(C(c2ccc(F)cc2)N2C[C@H](C)N(c3cc(=O)n(C)c4ccc(C#N)nc34)C[C@H]2C)no1. The maximum atomic E-state index is 13.7. The van der Waals surface area contributed by atoms with E-state index in [1.807, 2.05) is 13.0 Å². The molecular formula is C27H27FN6O2. The topological polar surface area (TPSA) is 91.2 Å². The molecule has 4 heterocycles. The number of rotatable bonds is 4. The second kappa shape index (κ2) is 9.21. The lowest BCUT2D eigenvalue weighted by atomic mass is 9.96. The molecule has 1 aromatic carbocycles. The number of aryl methyl sites for hydroxylation is 2. The summed E-state index contributed by atoms with van der Waals surface area (Å²) in [6.07, 6.45) is 0. The van der Waals surface area contributed by atoms with Crippen molar-refractivity contribution in [3.63, 3.8) is 0 Å². The molecule has 8 nitrogen and oxygen atoms in total. The van der Waals surface area contributed by atoms with Crippen LogP contribution in [-0.4, -0.2) is 44.8 Å². The summed E-state index contributed by atoms with van der Waals surface area (Å²) in [6, 6.07) is 15.4. The van der Waals surface area contributed by atoms with Gasteiger partial charge in [-0.15, -0.1) is 0 Å². The molecule has 1 saturated heterocycles. The van der Waals surface area contributed by atoms with Gasteiger partial charge in [-0.05, 0) is 50.6 Å². The lowest BCUT2D eigenvalue weighted by Gasteiger charge is -2.48. The number of anilines is 1. The molecule has 0 aliphatic carbocycles. The number of hydrogen-bond acceptors (Lipinski definition) is 7. The molecule has 0 saturated carbocycles. The van der Waals surface area contributed by atoms with Crippen LogP contribution < -0.4 is 10.5 Å². The van der Waals surface area contributed by atoms with Crippen molar-refractivity contribution in [1.29, 1.82) is 5.26 Å². The first-order valence-corrected chi connectivity index (χ1v) is 11.9. The number of benzene rings is 1. The predicted molar refractivity (Wildman–Crippen MR) is 134 cm³/mol. The summed E-state index contributed by atoms with van der Waals surface area (Å²) in [4.78, 5) is 21.9. The van der Waals surface area contributed by atoms with Crippen molar-refractivity contribution < 1.29 is 8.91 Å². The minimum absolute atomic E-state index is 0.0139. The van der Waals surface area contributed by atoms with Gasteiger partial charge in [0.05, 0.1) is 17.2 Å². The Bertz CT molecular complexity index is 1520. The minimum atomic E-state index is -0.290. The highest BCUT2D eigenvalue weighted by Gasteiger charge is 2.37. The molecule has 4 aromatic rings. The summed E-state index contributed by atoms with van der Waals surface area (Å²) >= 11 is 0. The highest BCUT2D eigenvalue weighted by molar-refractivity contribution is 5.89. The van der Waals surface area contributed by atoms with Gasteiger partial charge >= 0.3 is 0 Å². The average Bonchev–Trinajstić information content (AvgIpc) is 3.30. The van der Waals surface area contributed by atoms with Crippen LogP contribution in [0.4, 0.5) is 10.1 Å². The molecule has 1 aliphatic rings. The van der Waals surface area contributed by atoms with Crippen LogP contribution in [0.2, 0.25) is 0 Å². The van der Waals surface area contributed by atoms with E-state index < -0.39 is 0 Å². The molecule has 0 radical (unpaired) electrons. The van der Waals surface area contributed by atoms with Gasteiger partial charge in [0.15, 0.2) is 0 Å². The van der Waals surface area contributed by atoms with E-state index in [0.29, 0.717) is 35.6 Å². The van der Waals surface area contributed by atoms with Crippen molar-refractivity contribution >= 4 is 16.7 Å². The zero-order valence-corrected chi connectivity index (χ0v) is 20.6. The van der Waals surface area contributed by atoms with E-state index >= 15 is 0 Å². The largest absolute Gasteiger partial charge is 0.364 e. The van der Waals surface area contributed by atoms with E-state index in [0.717, 1.165) is 16.9 Å². The van der Waals surface area contributed by atoms with Gasteiger partial charge in [0.2, 0.25) is 0 Å². The van der Waals surface area contributed by atoms with Gasteiger partial charge in [-0.2, -0.15) is 5.26 Å². The van der Waals surface area contributed by atoms with E-state index in [9.17, 15) is 14.4 Å². The van der Waals surface area contributed by atoms with Crippen LogP contribution in [0.25, 0.3) is 11.0 Å². The van der Waals surface area contributed by atoms with Gasteiger partial charge in [-0.3, -0.25) is 9.69 Å². The molecule has 1 unspecified atom stereocenters. The molecule has 3 atom stereocenters. The molecule has 0 spiro atoms. The molecule has 0 N–H and O–H groups in total. The lowest BCUT2D eigenvalue weighted by Crippen LogP contribution is -2.57. The van der Waals surface area contributed by atoms with E-state index in [1.165, 1.54) is 12.1 Å². The van der Waals surface area contributed by atoms with Gasteiger partial charge in [-0.25, -0.2) is 9.37 Å². The smallest absolute Gasteiger partial charge is 0.252 e. The molecule has 1 fully saturated rings. The van der Waals surface area contributed by atoms with Crippen LogP contribution in [0.15, 0.2) is 57.8 Å². The summed E-state index contributed by atoms with van der Waals surface area (Å²) in [5.41, 5.74) is 3.90. The van der Waals surface area contributed by atoms with Gasteiger partial charge in [0.1, 0.15) is 34.6 Å². The summed E-state index contributed by atoms with van der Waals surface area (Å²) in [7, 11) is 1.71. The first-order valence-electron chi connectivity index (χ1n) is 11.9. The Hall–Kier alpha value is -4.03. The number of halogens is 1. The van der Waals surface area contributed by atoms with Gasteiger partial charge < -0.3 is 14.0 Å². The van der Waals surface area contributed by atoms with Crippen molar-refractivity contribution in [3.05, 3.63) is 87.4 Å². The molecule has 0 amide bonds. The highest BCUT2D eigenvalue weighted by Crippen LogP contribution is 2.35. The molecule has 1 aliphatic heterocycles. The van der Waals surface area contributed by atoms with Crippen LogP contribution in [-0.2, 0) is 7.05 Å². The number of hydrogen-bond donors (Lipinski definition) is 0. The fraction of sp³-hybridized carbons (Fsp3) is 0.333. The molecule has 5 rings (SSSR count). The summed E-state index contributed by atoms with van der Waals surface area (Å²) < 4.78 is 20.7. The summed E-state index contributed by atoms with van der Waals surface area (Å²) in [6.45, 7) is 7.36. The molecule has 184 valence electrons. The zero-order chi connectivity index (χ0) is 25.6. The molecule has 36 heavy (non-hydrogen) atoms. The molecule has 9 heteroatoms. The molecule has 0 bridgehead atoms. The molecular weight excluding hydrogens is 459 g/mol. The van der Waals surface area contributed by atoms with E-state index in [-0.39, 0.29) is 29.5 Å². The van der Waals surface area contributed by atoms with Gasteiger partial charge in [0, 0.05) is 44.4 Å². The van der Waals surface area contributed by atoms with Crippen molar-refractivity contribution in [2.75, 3.05) is 18.0 Å². The number of pyridine rings is 2. The monoisotopic (exact) mass is 486 g/mol. The van der Waals surface area contributed by atoms with Crippen LogP contribution in [0.3, 0.4) is 0 Å². The van der Waals surface area contributed by atoms with Crippen molar-refractivity contribution in [1.82, 2.24) is 19.6 Å². The minimum Gasteiger partial charge on any atom is -0.364 e. The van der Waals surface area contributed by atoms with Crippen molar-refractivity contribution in [3.8, 4) is 6.07 Å².